The molecule has 8 nitrogen and oxygen atoms in total. The Bertz CT molecular complexity index is 1230. The molecule has 0 saturated carbocycles. The van der Waals surface area contributed by atoms with Gasteiger partial charge in [-0.2, -0.15) is 18.2 Å². The number of carbonyl (C=O) groups excluding carboxylic acids is 2. The Hall–Kier alpha value is -3.08. The van der Waals surface area contributed by atoms with E-state index in [1.807, 2.05) is 37.2 Å². The molecule has 2 aliphatic heterocycles. The molecule has 3 heterocycles. The van der Waals surface area contributed by atoms with Gasteiger partial charge in [0.25, 0.3) is 5.91 Å². The molecule has 202 valence electrons. The van der Waals surface area contributed by atoms with Gasteiger partial charge in [0.2, 0.25) is 5.91 Å². The smallest absolute Gasteiger partial charge is 0.416 e. The molecular weight excluding hydrogens is 489 g/mol. The molecule has 11 heteroatoms. The molecule has 0 spiro atoms. The van der Waals surface area contributed by atoms with Gasteiger partial charge < -0.3 is 14.8 Å². The molecule has 0 unspecified atom stereocenters. The maximum atomic E-state index is 13.5. The number of nitrogens with one attached hydrogen (secondary N) is 1. The molecular formula is C26H33F3N4O4. The van der Waals surface area contributed by atoms with E-state index < -0.39 is 17.6 Å². The van der Waals surface area contributed by atoms with Gasteiger partial charge in [0.15, 0.2) is 5.49 Å². The first-order chi connectivity index (χ1) is 17.3. The summed E-state index contributed by atoms with van der Waals surface area (Å²) in [4.78, 5) is 29.1. The molecule has 1 N–H and O–H groups in total. The number of hydrogen-bond donors (Lipinski definition) is 1. The van der Waals surface area contributed by atoms with Gasteiger partial charge in [-0.25, -0.2) is 0 Å². The molecule has 2 amide bonds. The number of halogens is 3. The molecule has 37 heavy (non-hydrogen) atoms. The summed E-state index contributed by atoms with van der Waals surface area (Å²) in [5.41, 5.74) is -0.277. The predicted molar refractivity (Wildman–Crippen MR) is 129 cm³/mol. The third-order valence-corrected chi connectivity index (χ3v) is 6.69. The second-order valence-corrected chi connectivity index (χ2v) is 10.6. The van der Waals surface area contributed by atoms with Crippen LogP contribution >= 0.6 is 0 Å². The van der Waals surface area contributed by atoms with Crippen molar-refractivity contribution in [1.29, 1.82) is 0 Å². The zero-order valence-corrected chi connectivity index (χ0v) is 21.5. The van der Waals surface area contributed by atoms with E-state index in [-0.39, 0.29) is 41.4 Å². The van der Waals surface area contributed by atoms with Crippen LogP contribution in [0.4, 0.5) is 13.2 Å². The van der Waals surface area contributed by atoms with Crippen molar-refractivity contribution in [3.8, 4) is 5.75 Å². The Kier molecular flexibility index (Phi) is 7.55. The van der Waals surface area contributed by atoms with Crippen molar-refractivity contribution in [3.63, 3.8) is 0 Å². The lowest BCUT2D eigenvalue weighted by atomic mass is 9.92. The number of rotatable bonds is 6. The van der Waals surface area contributed by atoms with Gasteiger partial charge in [-0.1, -0.05) is 20.8 Å². The maximum Gasteiger partial charge on any atom is 0.416 e. The number of ether oxygens (including phenoxy) is 2. The van der Waals surface area contributed by atoms with Gasteiger partial charge in [0.1, 0.15) is 12.4 Å². The Morgan fingerprint density at radius 3 is 2.57 bits per heavy atom. The van der Waals surface area contributed by atoms with Gasteiger partial charge >= 0.3 is 6.18 Å². The molecule has 2 atom stereocenters. The van der Waals surface area contributed by atoms with Crippen molar-refractivity contribution in [3.05, 3.63) is 46.6 Å². The standard InChI is InChI=1S/C26H33F3N4O4/c1-25(2,3)21-13-22(33(32(21)4)14-18-6-5-11-36-18)31-24(35)19-12-16(26(27,28)29)7-9-20(19)37-15-17-8-10-23(34)30-17/h7,9,12-13,17-18H,5-6,8,10-11,14-15H2,1-4H3,(H,30,34)/t17-,18-/m1/s1. The Morgan fingerprint density at radius 1 is 1.22 bits per heavy atom. The van der Waals surface area contributed by atoms with E-state index in [1.54, 1.807) is 6.07 Å². The molecule has 0 radical (unpaired) electrons. The minimum absolute atomic E-state index is 0.0134. The monoisotopic (exact) mass is 522 g/mol. The van der Waals surface area contributed by atoms with Crippen LogP contribution in [0, 0.1) is 0 Å². The van der Waals surface area contributed by atoms with Crippen LogP contribution in [0.25, 0.3) is 0 Å². The molecule has 2 fully saturated rings. The number of nitrogens with zero attached hydrogens (tertiary/aromatic N) is 3. The van der Waals surface area contributed by atoms with Crippen LogP contribution in [-0.4, -0.2) is 46.5 Å². The number of hydrogen-bond acceptors (Lipinski definition) is 4. The average Bonchev–Trinajstić information content (AvgIpc) is 3.54. The first-order valence-electron chi connectivity index (χ1n) is 12.4. The van der Waals surface area contributed by atoms with Gasteiger partial charge in [-0.3, -0.25) is 19.0 Å². The quantitative estimate of drug-likeness (QED) is 0.627. The molecule has 1 aromatic heterocycles. The third kappa shape index (κ3) is 6.26. The second-order valence-electron chi connectivity index (χ2n) is 10.6. The molecule has 0 bridgehead atoms. The summed E-state index contributed by atoms with van der Waals surface area (Å²) in [6.45, 7) is 7.27. The topological polar surface area (TPSA) is 86.9 Å². The number of alkyl halides is 3. The van der Waals surface area contributed by atoms with Crippen molar-refractivity contribution < 1.29 is 32.2 Å². The summed E-state index contributed by atoms with van der Waals surface area (Å²) in [7, 11) is 1.87. The van der Waals surface area contributed by atoms with Crippen LogP contribution < -0.4 is 15.5 Å². The lowest BCUT2D eigenvalue weighted by Crippen LogP contribution is -2.31. The average molecular weight is 523 g/mol. The predicted octanol–water partition coefficient (Wildman–Crippen LogP) is 3.72. The molecule has 2 aromatic rings. The van der Waals surface area contributed by atoms with Crippen molar-refractivity contribution >= 4 is 11.8 Å². The zero-order valence-electron chi connectivity index (χ0n) is 21.5. The summed E-state index contributed by atoms with van der Waals surface area (Å²) in [6, 6.07) is 4.29. The third-order valence-electron chi connectivity index (χ3n) is 6.69. The van der Waals surface area contributed by atoms with Crippen molar-refractivity contribution in [2.45, 2.75) is 76.7 Å². The SMILES string of the molecule is Cn1c(C(C)(C)C)cc(=NC(=O)c2cc(C(F)(F)F)ccc2OC[C@H]2CCC(=O)N2)n1C[C@H]1CCCO1. The van der Waals surface area contributed by atoms with Crippen LogP contribution in [0.3, 0.4) is 0 Å². The van der Waals surface area contributed by atoms with E-state index in [1.165, 1.54) is 0 Å². The summed E-state index contributed by atoms with van der Waals surface area (Å²) >= 11 is 0. The largest absolute Gasteiger partial charge is 0.491 e. The van der Waals surface area contributed by atoms with Crippen molar-refractivity contribution in [2.24, 2.45) is 12.0 Å². The van der Waals surface area contributed by atoms with E-state index in [2.05, 4.69) is 10.3 Å². The maximum absolute atomic E-state index is 13.5. The van der Waals surface area contributed by atoms with Crippen LogP contribution in [0.1, 0.15) is 68.1 Å². The number of benzene rings is 1. The number of aromatic nitrogens is 2. The van der Waals surface area contributed by atoms with Gasteiger partial charge in [0.05, 0.1) is 29.8 Å². The molecule has 0 aliphatic carbocycles. The minimum Gasteiger partial charge on any atom is -0.491 e. The summed E-state index contributed by atoms with van der Waals surface area (Å²) in [6.07, 6.45) is -1.95. The van der Waals surface area contributed by atoms with Crippen LogP contribution in [0.5, 0.6) is 5.75 Å². The number of amides is 2. The highest BCUT2D eigenvalue weighted by Crippen LogP contribution is 2.33. The Labute approximate surface area is 213 Å². The molecule has 2 aliphatic rings. The normalized spacial score (nSPS) is 20.9. The fourth-order valence-electron chi connectivity index (χ4n) is 4.72. The Morgan fingerprint density at radius 2 is 1.97 bits per heavy atom. The second kappa shape index (κ2) is 10.4. The first-order valence-corrected chi connectivity index (χ1v) is 12.4. The molecule has 1 aromatic carbocycles. The van der Waals surface area contributed by atoms with Crippen LogP contribution in [0.2, 0.25) is 0 Å². The fraction of sp³-hybridized carbons (Fsp3) is 0.577. The minimum atomic E-state index is -4.64. The first kappa shape index (κ1) is 27.0. The molecule has 2 saturated heterocycles. The van der Waals surface area contributed by atoms with E-state index in [4.69, 9.17) is 9.47 Å². The molecule has 4 rings (SSSR count). The summed E-state index contributed by atoms with van der Waals surface area (Å²) in [5, 5.41) is 2.74. The highest BCUT2D eigenvalue weighted by atomic mass is 19.4. The van der Waals surface area contributed by atoms with Gasteiger partial charge in [-0.15, -0.1) is 0 Å². The van der Waals surface area contributed by atoms with Crippen molar-refractivity contribution in [1.82, 2.24) is 14.7 Å². The van der Waals surface area contributed by atoms with Crippen LogP contribution in [-0.2, 0) is 34.7 Å². The summed E-state index contributed by atoms with van der Waals surface area (Å²) < 4.78 is 55.7. The van der Waals surface area contributed by atoms with E-state index in [9.17, 15) is 22.8 Å². The fourth-order valence-corrected chi connectivity index (χ4v) is 4.72. The van der Waals surface area contributed by atoms with Gasteiger partial charge in [0, 0.05) is 37.3 Å². The lowest BCUT2D eigenvalue weighted by Gasteiger charge is -2.21. The summed E-state index contributed by atoms with van der Waals surface area (Å²) in [5.74, 6) is -0.967. The van der Waals surface area contributed by atoms with E-state index in [0.717, 1.165) is 36.7 Å². The van der Waals surface area contributed by atoms with Gasteiger partial charge in [-0.05, 0) is 37.5 Å². The lowest BCUT2D eigenvalue weighted by molar-refractivity contribution is -0.137. The number of carbonyl (C=O) groups is 2. The van der Waals surface area contributed by atoms with Crippen molar-refractivity contribution in [2.75, 3.05) is 13.2 Å². The highest BCUT2D eigenvalue weighted by molar-refractivity contribution is 5.97. The zero-order chi connectivity index (χ0) is 27.0. The van der Waals surface area contributed by atoms with E-state index >= 15 is 0 Å². The van der Waals surface area contributed by atoms with E-state index in [0.29, 0.717) is 31.5 Å². The van der Waals surface area contributed by atoms with Crippen LogP contribution in [0.15, 0.2) is 29.3 Å². The Balaban J connectivity index is 1.73. The highest BCUT2D eigenvalue weighted by Gasteiger charge is 2.33.